The Morgan fingerprint density at radius 3 is 2.80 bits per heavy atom. The van der Waals surface area contributed by atoms with Gasteiger partial charge in [-0.1, -0.05) is 6.07 Å². The normalized spacial score (nSPS) is 11.2. The fourth-order valence-corrected chi connectivity index (χ4v) is 1.08. The molecular formula is C10H11NO4. The average molecular weight is 209 g/mol. The van der Waals surface area contributed by atoms with Crippen molar-refractivity contribution in [2.75, 3.05) is 7.11 Å². The van der Waals surface area contributed by atoms with E-state index in [2.05, 4.69) is 0 Å². The second kappa shape index (κ2) is 4.45. The number of nitro groups is 1. The van der Waals surface area contributed by atoms with Crippen LogP contribution in [0.3, 0.4) is 0 Å². The summed E-state index contributed by atoms with van der Waals surface area (Å²) in [6, 6.07) is 4.53. The lowest BCUT2D eigenvalue weighted by Crippen LogP contribution is -1.93. The van der Waals surface area contributed by atoms with Crippen molar-refractivity contribution >= 4 is 6.08 Å². The van der Waals surface area contributed by atoms with E-state index in [1.54, 1.807) is 6.07 Å². The Morgan fingerprint density at radius 2 is 2.27 bits per heavy atom. The molecule has 0 aliphatic rings. The molecule has 5 heteroatoms. The number of phenols is 1. The van der Waals surface area contributed by atoms with Gasteiger partial charge in [0.05, 0.1) is 12.0 Å². The van der Waals surface area contributed by atoms with Gasteiger partial charge in [-0.15, -0.1) is 0 Å². The highest BCUT2D eigenvalue weighted by atomic mass is 16.6. The summed E-state index contributed by atoms with van der Waals surface area (Å²) < 4.78 is 4.88. The third-order valence-electron chi connectivity index (χ3n) is 1.87. The van der Waals surface area contributed by atoms with Gasteiger partial charge in [0.25, 0.3) is 0 Å². The Hall–Kier alpha value is -2.04. The van der Waals surface area contributed by atoms with Crippen LogP contribution < -0.4 is 4.74 Å². The fourth-order valence-electron chi connectivity index (χ4n) is 1.08. The summed E-state index contributed by atoms with van der Waals surface area (Å²) in [6.07, 6.45) is 1.40. The van der Waals surface area contributed by atoms with E-state index in [4.69, 9.17) is 4.74 Å². The van der Waals surface area contributed by atoms with Crippen LogP contribution in [-0.2, 0) is 0 Å². The topological polar surface area (TPSA) is 72.6 Å². The zero-order chi connectivity index (χ0) is 11.4. The first kappa shape index (κ1) is 11.0. The molecule has 5 nitrogen and oxygen atoms in total. The van der Waals surface area contributed by atoms with Gasteiger partial charge < -0.3 is 9.84 Å². The quantitative estimate of drug-likeness (QED) is 0.610. The van der Waals surface area contributed by atoms with Crippen molar-refractivity contribution in [3.05, 3.63) is 39.6 Å². The Kier molecular flexibility index (Phi) is 3.28. The maximum atomic E-state index is 10.4. The highest BCUT2D eigenvalue weighted by molar-refractivity contribution is 5.56. The number of ether oxygens (including phenoxy) is 1. The van der Waals surface area contributed by atoms with Crippen molar-refractivity contribution in [1.82, 2.24) is 0 Å². The molecule has 15 heavy (non-hydrogen) atoms. The third kappa shape index (κ3) is 2.70. The first-order valence-corrected chi connectivity index (χ1v) is 4.24. The third-order valence-corrected chi connectivity index (χ3v) is 1.87. The molecule has 0 aliphatic heterocycles. The minimum absolute atomic E-state index is 0.00778. The molecule has 1 rings (SSSR count). The average Bonchev–Trinajstić information content (AvgIpc) is 2.20. The summed E-state index contributed by atoms with van der Waals surface area (Å²) in [4.78, 5) is 9.91. The molecule has 0 saturated heterocycles. The number of benzene rings is 1. The van der Waals surface area contributed by atoms with Crippen LogP contribution in [0.2, 0.25) is 0 Å². The van der Waals surface area contributed by atoms with Gasteiger partial charge in [0.1, 0.15) is 0 Å². The molecule has 0 fully saturated rings. The number of nitrogens with zero attached hydrogens (tertiary/aromatic N) is 1. The van der Waals surface area contributed by atoms with Gasteiger partial charge in [-0.2, -0.15) is 0 Å². The van der Waals surface area contributed by atoms with Crippen LogP contribution in [0, 0.1) is 10.1 Å². The lowest BCUT2D eigenvalue weighted by Gasteiger charge is -2.03. The Bertz CT molecular complexity index is 412. The van der Waals surface area contributed by atoms with Gasteiger partial charge in [0.2, 0.25) is 5.70 Å². The molecule has 0 spiro atoms. The molecule has 0 atom stereocenters. The maximum absolute atomic E-state index is 10.4. The molecule has 0 radical (unpaired) electrons. The van der Waals surface area contributed by atoms with Gasteiger partial charge in [-0.25, -0.2) is 0 Å². The van der Waals surface area contributed by atoms with Crippen molar-refractivity contribution in [3.63, 3.8) is 0 Å². The number of hydrogen-bond donors (Lipinski definition) is 1. The van der Waals surface area contributed by atoms with E-state index in [-0.39, 0.29) is 11.4 Å². The molecule has 1 aromatic carbocycles. The number of aromatic hydroxyl groups is 1. The van der Waals surface area contributed by atoms with E-state index in [1.807, 2.05) is 0 Å². The van der Waals surface area contributed by atoms with Crippen molar-refractivity contribution < 1.29 is 14.8 Å². The highest BCUT2D eigenvalue weighted by Crippen LogP contribution is 2.27. The van der Waals surface area contributed by atoms with E-state index < -0.39 is 4.92 Å². The summed E-state index contributed by atoms with van der Waals surface area (Å²) in [7, 11) is 1.42. The molecule has 80 valence electrons. The molecule has 0 aliphatic carbocycles. The van der Waals surface area contributed by atoms with Crippen LogP contribution in [0.15, 0.2) is 23.9 Å². The monoisotopic (exact) mass is 209 g/mol. The van der Waals surface area contributed by atoms with E-state index in [1.165, 1.54) is 32.2 Å². The minimum atomic E-state index is -0.473. The molecule has 0 bridgehead atoms. The molecular weight excluding hydrogens is 198 g/mol. The molecule has 0 heterocycles. The standard InChI is InChI=1S/C10H11NO4/c1-7(11(13)14)5-8-3-4-9(12)10(6-8)15-2/h3-6,12H,1-2H3/b7-5+. The Labute approximate surface area is 86.8 Å². The fraction of sp³-hybridized carbons (Fsp3) is 0.200. The zero-order valence-corrected chi connectivity index (χ0v) is 8.43. The molecule has 0 amide bonds. The van der Waals surface area contributed by atoms with E-state index in [9.17, 15) is 15.2 Å². The maximum Gasteiger partial charge on any atom is 0.243 e. The van der Waals surface area contributed by atoms with Crippen LogP contribution in [0.25, 0.3) is 6.08 Å². The van der Waals surface area contributed by atoms with Crippen molar-refractivity contribution in [3.8, 4) is 11.5 Å². The Balaban J connectivity index is 3.07. The number of rotatable bonds is 3. The van der Waals surface area contributed by atoms with Crippen LogP contribution in [-0.4, -0.2) is 17.1 Å². The van der Waals surface area contributed by atoms with Gasteiger partial charge >= 0.3 is 0 Å². The van der Waals surface area contributed by atoms with Gasteiger partial charge in [-0.05, 0) is 17.7 Å². The molecule has 1 aromatic rings. The second-order valence-electron chi connectivity index (χ2n) is 2.97. The second-order valence-corrected chi connectivity index (χ2v) is 2.97. The smallest absolute Gasteiger partial charge is 0.243 e. The number of allylic oxidation sites excluding steroid dienone is 1. The Morgan fingerprint density at radius 1 is 1.60 bits per heavy atom. The molecule has 1 N–H and O–H groups in total. The number of methoxy groups -OCH3 is 1. The molecule has 0 saturated carbocycles. The lowest BCUT2D eigenvalue weighted by molar-refractivity contribution is -0.422. The summed E-state index contributed by atoms with van der Waals surface area (Å²) in [6.45, 7) is 1.40. The van der Waals surface area contributed by atoms with E-state index in [0.29, 0.717) is 11.3 Å². The first-order valence-electron chi connectivity index (χ1n) is 4.24. The van der Waals surface area contributed by atoms with Crippen molar-refractivity contribution in [1.29, 1.82) is 0 Å². The number of hydrogen-bond acceptors (Lipinski definition) is 4. The number of phenolic OH excluding ortho intramolecular Hbond substituents is 1. The predicted molar refractivity (Wildman–Crippen MR) is 55.3 cm³/mol. The largest absolute Gasteiger partial charge is 0.504 e. The molecule has 0 unspecified atom stereocenters. The zero-order valence-electron chi connectivity index (χ0n) is 8.43. The van der Waals surface area contributed by atoms with Crippen LogP contribution >= 0.6 is 0 Å². The first-order chi connectivity index (χ1) is 7.04. The van der Waals surface area contributed by atoms with Gasteiger partial charge in [0, 0.05) is 13.0 Å². The van der Waals surface area contributed by atoms with Crippen LogP contribution in [0.5, 0.6) is 11.5 Å². The summed E-state index contributed by atoms with van der Waals surface area (Å²) in [5.74, 6) is 0.299. The summed E-state index contributed by atoms with van der Waals surface area (Å²) in [5, 5.41) is 19.7. The summed E-state index contributed by atoms with van der Waals surface area (Å²) >= 11 is 0. The van der Waals surface area contributed by atoms with Crippen molar-refractivity contribution in [2.45, 2.75) is 6.92 Å². The minimum Gasteiger partial charge on any atom is -0.504 e. The SMILES string of the molecule is COc1cc(/C=C(\C)[N+](=O)[O-])ccc1O. The van der Waals surface area contributed by atoms with Gasteiger partial charge in [-0.3, -0.25) is 10.1 Å². The van der Waals surface area contributed by atoms with Crippen LogP contribution in [0.4, 0.5) is 0 Å². The van der Waals surface area contributed by atoms with Gasteiger partial charge in [0.15, 0.2) is 11.5 Å². The van der Waals surface area contributed by atoms with E-state index in [0.717, 1.165) is 0 Å². The summed E-state index contributed by atoms with van der Waals surface area (Å²) in [5.41, 5.74) is 0.640. The predicted octanol–water partition coefficient (Wildman–Crippen LogP) is 2.04. The van der Waals surface area contributed by atoms with Crippen LogP contribution in [0.1, 0.15) is 12.5 Å². The van der Waals surface area contributed by atoms with Crippen molar-refractivity contribution in [2.24, 2.45) is 0 Å². The lowest BCUT2D eigenvalue weighted by atomic mass is 10.2. The highest BCUT2D eigenvalue weighted by Gasteiger charge is 2.05. The molecule has 0 aromatic heterocycles. The van der Waals surface area contributed by atoms with E-state index >= 15 is 0 Å².